The Bertz CT molecular complexity index is 3510. The molecule has 1 aromatic carbocycles. The number of carbonyl (C=O) groups is 13. The van der Waals surface area contributed by atoms with Crippen molar-refractivity contribution < 1.29 is 76.2 Å². The second-order valence-electron chi connectivity index (χ2n) is 25.6. The molecule has 5 aliphatic heterocycles. The summed E-state index contributed by atoms with van der Waals surface area (Å²) in [6.07, 6.45) is -2.83. The summed E-state index contributed by atoms with van der Waals surface area (Å²) < 4.78 is 18.2. The molecule has 0 bridgehead atoms. The Morgan fingerprint density at radius 2 is 1.10 bits per heavy atom. The van der Waals surface area contributed by atoms with Gasteiger partial charge in [-0.15, -0.1) is 0 Å². The number of Topliss-reactive ketones (excluding diaryl/α,β-unsaturated/α-hetero) is 1. The lowest BCUT2D eigenvalue weighted by Crippen LogP contribution is -2.61. The van der Waals surface area contributed by atoms with E-state index in [2.05, 4.69) is 21.3 Å². The van der Waals surface area contributed by atoms with Gasteiger partial charge in [0.2, 0.25) is 52.7 Å². The molecular formula is C62H84N12O17. The molecule has 4 saturated heterocycles. The maximum atomic E-state index is 15.2. The van der Waals surface area contributed by atoms with E-state index < -0.39 is 203 Å². The lowest BCUT2D eigenvalue weighted by molar-refractivity contribution is -0.163. The molecule has 29 nitrogen and oxygen atoms in total. The zero-order chi connectivity index (χ0) is 67.8. The predicted molar refractivity (Wildman–Crippen MR) is 326 cm³/mol. The Morgan fingerprint density at radius 3 is 1.58 bits per heavy atom. The minimum Gasteiger partial charge on any atom is -0.458 e. The van der Waals surface area contributed by atoms with Crippen LogP contribution in [0.5, 0.6) is 0 Å². The van der Waals surface area contributed by atoms with Crippen LogP contribution in [0, 0.1) is 37.5 Å². The number of fused-ring (bicyclic) bond motifs is 4. The molecule has 7 rings (SSSR count). The van der Waals surface area contributed by atoms with Gasteiger partial charge < -0.3 is 70.3 Å². The maximum Gasteiger partial charge on any atom is 0.329 e. The molecule has 5 heterocycles. The molecule has 10 amide bonds. The topological polar surface area (TPSA) is 377 Å². The number of aromatic nitrogens is 1. The van der Waals surface area contributed by atoms with Crippen LogP contribution in [0.25, 0.3) is 22.6 Å². The van der Waals surface area contributed by atoms with Crippen molar-refractivity contribution in [2.45, 2.75) is 163 Å². The third-order valence-corrected chi connectivity index (χ3v) is 17.4. The Labute approximate surface area is 526 Å². The molecular weight excluding hydrogens is 1180 g/mol. The summed E-state index contributed by atoms with van der Waals surface area (Å²) in [4.78, 5) is 212. The Balaban J connectivity index is 1.33. The number of ketones is 1. The van der Waals surface area contributed by atoms with Crippen LogP contribution in [0.2, 0.25) is 0 Å². The molecule has 0 saturated carbocycles. The molecule has 0 radical (unpaired) electrons. The summed E-state index contributed by atoms with van der Waals surface area (Å²) in [5.74, 6) is -13.8. The standard InChI is InChI=1S/C62H84N12O17/c1-26(2)42-59(85)73-21-17-18-36(73)57(83)69(13)24-38(76)71(15)48(28(5)6)61(87)89-32(11)44(55(81)65-42)67-53(79)35-20-19-30(9)51-46(35)64-47-40(41(63)50(78)31(10)52(47)91-51)54(80)68-45-33(12)90-62(88)49(29(7)8)72(16)39(77)25-70(14)58(84)37-22-34(75)23-74(37)60(86)43(27(3)4)66-56(45)82/h19-20,26-29,32-33,36-37,42-45,48-49H,17-18,21-25,63H2,1-16H3,(H,65,81)(H,66,82)(H,67,79)(H,68,80)/t32-,33-,36+,37+,42+,43+,44-,45-,48-,49+/m0/s1. The molecule has 1 aliphatic carbocycles. The van der Waals surface area contributed by atoms with Crippen LogP contribution in [-0.2, 0) is 62.2 Å². The average Bonchev–Trinajstić information content (AvgIpc) is 1.68. The molecule has 0 unspecified atom stereocenters. The number of anilines is 1. The largest absolute Gasteiger partial charge is 0.458 e. The van der Waals surface area contributed by atoms with Gasteiger partial charge in [0.15, 0.2) is 17.1 Å². The van der Waals surface area contributed by atoms with E-state index in [-0.39, 0.29) is 47.4 Å². The Hall–Kier alpha value is -9.05. The van der Waals surface area contributed by atoms with Crippen LogP contribution in [0.4, 0.5) is 5.69 Å². The first-order valence-electron chi connectivity index (χ1n) is 30.4. The highest BCUT2D eigenvalue weighted by atomic mass is 16.6. The van der Waals surface area contributed by atoms with Crippen LogP contribution < -0.4 is 32.4 Å². The van der Waals surface area contributed by atoms with Gasteiger partial charge in [-0.25, -0.2) is 14.6 Å². The fourth-order valence-electron chi connectivity index (χ4n) is 12.1. The van der Waals surface area contributed by atoms with Crippen LogP contribution >= 0.6 is 0 Å². The number of carbonyl (C=O) groups excluding carboxylic acids is 13. The lowest BCUT2D eigenvalue weighted by atomic mass is 9.98. The summed E-state index contributed by atoms with van der Waals surface area (Å²) in [6.45, 7) is 17.2. The van der Waals surface area contributed by atoms with Gasteiger partial charge in [-0.3, -0.25) is 57.5 Å². The lowest BCUT2D eigenvalue weighted by Gasteiger charge is -2.36. The Morgan fingerprint density at radius 1 is 0.626 bits per heavy atom. The number of benzene rings is 2. The predicted octanol–water partition coefficient (Wildman–Crippen LogP) is -0.0954. The molecule has 6 aliphatic rings. The first kappa shape index (κ1) is 69.4. The average molecular weight is 1270 g/mol. The van der Waals surface area contributed by atoms with Gasteiger partial charge in [0.1, 0.15) is 71.8 Å². The number of hydrogen-bond acceptors (Lipinski definition) is 19. The number of nitrogens with one attached hydrogen (secondary N) is 4. The number of nitrogens with zero attached hydrogens (tertiary/aromatic N) is 7. The van der Waals surface area contributed by atoms with E-state index in [1.807, 2.05) is 0 Å². The van der Waals surface area contributed by atoms with Crippen molar-refractivity contribution in [1.29, 1.82) is 0 Å². The van der Waals surface area contributed by atoms with E-state index in [1.165, 1.54) is 70.9 Å². The second-order valence-corrected chi connectivity index (χ2v) is 25.6. The molecule has 494 valence electrons. The highest BCUT2D eigenvalue weighted by Gasteiger charge is 2.48. The van der Waals surface area contributed by atoms with Gasteiger partial charge in [0.05, 0.1) is 36.4 Å². The molecule has 10 atom stereocenters. The SMILES string of the molecule is Cc1c2oc3c(C)ccc(C(=O)N[C@@H]4C(=O)N[C@H](C(C)C)C(=O)N5CCC[C@@H]5C(=O)N(C)CC(=O)N(C)[C@@H](C(C)C)C(=O)O[C@H]4C)c3nc-2c(C(=O)N[C@@H]2C(=O)N[C@H](C(C)C)C(=O)N3CC(=O)C[C@@H]3C(=O)N(C)CC(=O)N(C)[C@H](C(C)C)C(=O)O[C@H]2C)c(N)c1=O. The number of esters is 2. The van der Waals surface area contributed by atoms with Crippen molar-refractivity contribution in [3.05, 3.63) is 44.6 Å². The van der Waals surface area contributed by atoms with Gasteiger partial charge in [0.25, 0.3) is 11.8 Å². The molecule has 1 aromatic rings. The number of likely N-dealkylation sites (N-methyl/N-ethyl adjacent to an activating group) is 4. The van der Waals surface area contributed by atoms with E-state index in [0.29, 0.717) is 12.0 Å². The summed E-state index contributed by atoms with van der Waals surface area (Å²) in [5, 5.41) is 10.5. The van der Waals surface area contributed by atoms with Crippen molar-refractivity contribution in [3.8, 4) is 11.5 Å². The van der Waals surface area contributed by atoms with Crippen molar-refractivity contribution in [2.24, 2.45) is 23.7 Å². The minimum atomic E-state index is -1.96. The molecule has 29 heteroatoms. The fraction of sp³-hybridized carbons (Fsp3) is 0.597. The van der Waals surface area contributed by atoms with E-state index in [0.717, 1.165) is 19.6 Å². The van der Waals surface area contributed by atoms with E-state index in [9.17, 15) is 57.5 Å². The highest BCUT2D eigenvalue weighted by Crippen LogP contribution is 2.35. The summed E-state index contributed by atoms with van der Waals surface area (Å²) in [6, 6.07) is -8.65. The smallest absolute Gasteiger partial charge is 0.329 e. The number of rotatable bonds is 8. The van der Waals surface area contributed by atoms with E-state index in [4.69, 9.17) is 24.6 Å². The summed E-state index contributed by atoms with van der Waals surface area (Å²) >= 11 is 0. The van der Waals surface area contributed by atoms with Gasteiger partial charge in [-0.1, -0.05) is 61.5 Å². The number of ether oxygens (including phenoxy) is 2. The summed E-state index contributed by atoms with van der Waals surface area (Å²) in [5.41, 5.74) is 3.31. The third-order valence-electron chi connectivity index (χ3n) is 17.4. The van der Waals surface area contributed by atoms with E-state index in [1.54, 1.807) is 62.3 Å². The van der Waals surface area contributed by atoms with Gasteiger partial charge in [0, 0.05) is 46.7 Å². The minimum absolute atomic E-state index is 0.0979. The van der Waals surface area contributed by atoms with Crippen molar-refractivity contribution >= 4 is 93.6 Å². The number of aryl methyl sites for hydroxylation is 1. The van der Waals surface area contributed by atoms with Crippen LogP contribution in [0.15, 0.2) is 21.3 Å². The molecule has 91 heavy (non-hydrogen) atoms. The zero-order valence-electron chi connectivity index (χ0n) is 54.3. The molecule has 6 N–H and O–H groups in total. The van der Waals surface area contributed by atoms with Crippen LogP contribution in [-0.4, -0.2) is 226 Å². The van der Waals surface area contributed by atoms with Crippen molar-refractivity contribution in [3.63, 3.8) is 0 Å². The number of cyclic esters (lactones) is 2. The fourth-order valence-corrected chi connectivity index (χ4v) is 12.1. The van der Waals surface area contributed by atoms with E-state index >= 15 is 9.59 Å². The Kier molecular flexibility index (Phi) is 21.0. The summed E-state index contributed by atoms with van der Waals surface area (Å²) in [7, 11) is 5.41. The van der Waals surface area contributed by atoms with Gasteiger partial charge in [-0.05, 0) is 75.8 Å². The molecule has 0 aromatic heterocycles. The van der Waals surface area contributed by atoms with Crippen molar-refractivity contribution in [1.82, 2.24) is 55.7 Å². The first-order chi connectivity index (χ1) is 42.5. The number of amides is 10. The monoisotopic (exact) mass is 1270 g/mol. The molecule has 4 fully saturated rings. The van der Waals surface area contributed by atoms with Crippen molar-refractivity contribution in [2.75, 3.05) is 60.1 Å². The van der Waals surface area contributed by atoms with Crippen LogP contribution in [0.3, 0.4) is 0 Å². The first-order valence-corrected chi connectivity index (χ1v) is 30.4. The quantitative estimate of drug-likeness (QED) is 0.112. The third kappa shape index (κ3) is 14.0. The highest BCUT2D eigenvalue weighted by molar-refractivity contribution is 6.11. The maximum absolute atomic E-state index is 15.2. The number of hydrogen-bond donors (Lipinski definition) is 5. The van der Waals surface area contributed by atoms with Gasteiger partial charge in [-0.2, -0.15) is 0 Å². The molecule has 0 spiro atoms. The zero-order valence-corrected chi connectivity index (χ0v) is 54.3. The normalized spacial score (nSPS) is 26.1. The number of nitrogens with two attached hydrogens (primary N) is 1. The number of nitrogen functional groups attached to an aromatic ring is 1. The second kappa shape index (κ2) is 27.6. The van der Waals surface area contributed by atoms with Crippen LogP contribution in [0.1, 0.15) is 120 Å². The van der Waals surface area contributed by atoms with Gasteiger partial charge >= 0.3 is 11.9 Å².